The first-order valence-electron chi connectivity index (χ1n) is 33.0. The molecule has 0 aromatic carbocycles. The molecule has 0 fully saturated rings. The Morgan fingerprint density at radius 2 is 0.514 bits per heavy atom. The maximum Gasteiger partial charge on any atom is 0.306 e. The molecule has 6 nitrogen and oxygen atoms in total. The molecule has 0 aliphatic carbocycles. The Morgan fingerprint density at radius 1 is 0.270 bits per heavy atom. The molecule has 1 unspecified atom stereocenters. The van der Waals surface area contributed by atoms with Gasteiger partial charge in [0, 0.05) is 19.3 Å². The molecular weight excluding hydrogens is 913 g/mol. The zero-order chi connectivity index (χ0) is 53.6. The summed E-state index contributed by atoms with van der Waals surface area (Å²) >= 11 is 0. The van der Waals surface area contributed by atoms with Gasteiger partial charge in [-0.3, -0.25) is 14.4 Å². The van der Waals surface area contributed by atoms with Crippen LogP contribution >= 0.6 is 0 Å². The molecule has 1 atom stereocenters. The normalized spacial score (nSPS) is 12.2. The number of ether oxygens (including phenoxy) is 3. The summed E-state index contributed by atoms with van der Waals surface area (Å²) in [5.74, 6) is -0.882. The van der Waals surface area contributed by atoms with Crippen molar-refractivity contribution in [3.8, 4) is 0 Å². The largest absolute Gasteiger partial charge is 0.462 e. The third kappa shape index (κ3) is 60.5. The number of rotatable bonds is 61. The monoisotopic (exact) mass is 1040 g/mol. The summed E-state index contributed by atoms with van der Waals surface area (Å²) in [4.78, 5) is 38.2. The van der Waals surface area contributed by atoms with Gasteiger partial charge in [-0.25, -0.2) is 0 Å². The minimum absolute atomic E-state index is 0.0770. The van der Waals surface area contributed by atoms with Crippen molar-refractivity contribution in [3.63, 3.8) is 0 Å². The van der Waals surface area contributed by atoms with E-state index < -0.39 is 6.10 Å². The Balaban J connectivity index is 4.06. The smallest absolute Gasteiger partial charge is 0.306 e. The van der Waals surface area contributed by atoms with Crippen molar-refractivity contribution in [2.24, 2.45) is 0 Å². The lowest BCUT2D eigenvalue weighted by Gasteiger charge is -2.18. The second kappa shape index (κ2) is 63.2. The van der Waals surface area contributed by atoms with Crippen LogP contribution < -0.4 is 0 Å². The highest BCUT2D eigenvalue weighted by molar-refractivity contribution is 5.71. The van der Waals surface area contributed by atoms with Crippen molar-refractivity contribution >= 4 is 17.9 Å². The Bertz CT molecular complexity index is 1240. The molecule has 0 aliphatic rings. The lowest BCUT2D eigenvalue weighted by Crippen LogP contribution is -2.30. The van der Waals surface area contributed by atoms with Crippen molar-refractivity contribution in [1.82, 2.24) is 0 Å². The molecule has 0 N–H and O–H groups in total. The Morgan fingerprint density at radius 3 is 0.838 bits per heavy atom. The molecule has 0 aliphatic heterocycles. The Hall–Kier alpha value is -2.37. The number of unbranched alkanes of at least 4 members (excludes halogenated alkanes) is 44. The van der Waals surface area contributed by atoms with Gasteiger partial charge in [-0.2, -0.15) is 0 Å². The zero-order valence-electron chi connectivity index (χ0n) is 49.9. The summed E-state index contributed by atoms with van der Waals surface area (Å²) in [6, 6.07) is 0. The summed E-state index contributed by atoms with van der Waals surface area (Å²) in [5, 5.41) is 0. The van der Waals surface area contributed by atoms with Gasteiger partial charge in [0.25, 0.3) is 0 Å². The fourth-order valence-corrected chi connectivity index (χ4v) is 9.89. The predicted octanol–water partition coefficient (Wildman–Crippen LogP) is 22.4. The van der Waals surface area contributed by atoms with E-state index in [2.05, 4.69) is 57.2 Å². The van der Waals surface area contributed by atoms with Crippen molar-refractivity contribution in [3.05, 3.63) is 36.5 Å². The van der Waals surface area contributed by atoms with Crippen LogP contribution in [0, 0.1) is 0 Å². The molecule has 74 heavy (non-hydrogen) atoms. The Kier molecular flexibility index (Phi) is 61.1. The fourth-order valence-electron chi connectivity index (χ4n) is 9.89. The molecule has 0 bridgehead atoms. The van der Waals surface area contributed by atoms with Crippen molar-refractivity contribution in [2.45, 2.75) is 367 Å². The molecule has 0 amide bonds. The molecular formula is C68H126O6. The van der Waals surface area contributed by atoms with Crippen molar-refractivity contribution in [1.29, 1.82) is 0 Å². The summed E-state index contributed by atoms with van der Waals surface area (Å²) in [6.45, 7) is 6.58. The van der Waals surface area contributed by atoms with Gasteiger partial charge in [-0.15, -0.1) is 0 Å². The first kappa shape index (κ1) is 71.6. The maximum absolute atomic E-state index is 12.8. The topological polar surface area (TPSA) is 78.9 Å². The predicted molar refractivity (Wildman–Crippen MR) is 321 cm³/mol. The highest BCUT2D eigenvalue weighted by Crippen LogP contribution is 2.18. The quantitative estimate of drug-likeness (QED) is 0.0261. The van der Waals surface area contributed by atoms with E-state index in [9.17, 15) is 14.4 Å². The molecule has 0 rings (SSSR count). The first-order valence-corrected chi connectivity index (χ1v) is 33.0. The van der Waals surface area contributed by atoms with E-state index in [0.717, 1.165) is 96.3 Å². The van der Waals surface area contributed by atoms with Crippen LogP contribution in [0.25, 0.3) is 0 Å². The van der Waals surface area contributed by atoms with E-state index in [0.29, 0.717) is 19.3 Å². The number of carbonyl (C=O) groups is 3. The number of allylic oxidation sites excluding steroid dienone is 6. The molecule has 0 saturated carbocycles. The average molecular weight is 1040 g/mol. The average Bonchev–Trinajstić information content (AvgIpc) is 3.40. The van der Waals surface area contributed by atoms with Crippen LogP contribution in [-0.4, -0.2) is 37.2 Å². The lowest BCUT2D eigenvalue weighted by atomic mass is 10.0. The molecule has 0 heterocycles. The second-order valence-corrected chi connectivity index (χ2v) is 22.4. The van der Waals surface area contributed by atoms with Crippen LogP contribution in [-0.2, 0) is 28.6 Å². The second-order valence-electron chi connectivity index (χ2n) is 22.4. The van der Waals surface area contributed by atoms with Crippen LogP contribution in [0.3, 0.4) is 0 Å². The van der Waals surface area contributed by atoms with Gasteiger partial charge in [0.15, 0.2) is 6.10 Å². The fraction of sp³-hybridized carbons (Fsp3) is 0.868. The number of hydrogen-bond donors (Lipinski definition) is 0. The molecule has 0 aromatic rings. The van der Waals surface area contributed by atoms with E-state index in [1.54, 1.807) is 0 Å². The molecule has 0 saturated heterocycles. The highest BCUT2D eigenvalue weighted by atomic mass is 16.6. The summed E-state index contributed by atoms with van der Waals surface area (Å²) < 4.78 is 16.9. The van der Waals surface area contributed by atoms with Gasteiger partial charge in [0.05, 0.1) is 0 Å². The van der Waals surface area contributed by atoms with Crippen LogP contribution in [0.5, 0.6) is 0 Å². The number of esters is 3. The van der Waals surface area contributed by atoms with Crippen molar-refractivity contribution in [2.75, 3.05) is 13.2 Å². The van der Waals surface area contributed by atoms with Crippen molar-refractivity contribution < 1.29 is 28.6 Å². The van der Waals surface area contributed by atoms with Gasteiger partial charge >= 0.3 is 17.9 Å². The molecule has 0 spiro atoms. The molecule has 0 radical (unpaired) electrons. The minimum Gasteiger partial charge on any atom is -0.462 e. The SMILES string of the molecule is CCC/C=C\C/C=C\CCCCCCCC(=O)OC(COC(=O)CCCCCCC/C=C\CCCCC)COC(=O)CCCCCCCCCCCCCCCCCCCCCCCCCCCCCCCCC. The van der Waals surface area contributed by atoms with E-state index in [1.165, 1.54) is 225 Å². The number of hydrogen-bond acceptors (Lipinski definition) is 6. The van der Waals surface area contributed by atoms with Gasteiger partial charge in [0.1, 0.15) is 13.2 Å². The van der Waals surface area contributed by atoms with E-state index >= 15 is 0 Å². The molecule has 6 heteroatoms. The summed E-state index contributed by atoms with van der Waals surface area (Å²) in [7, 11) is 0. The third-order valence-corrected chi connectivity index (χ3v) is 14.8. The van der Waals surface area contributed by atoms with Gasteiger partial charge < -0.3 is 14.2 Å². The zero-order valence-corrected chi connectivity index (χ0v) is 49.9. The van der Waals surface area contributed by atoms with Gasteiger partial charge in [0.2, 0.25) is 0 Å². The van der Waals surface area contributed by atoms with Crippen LogP contribution in [0.15, 0.2) is 36.5 Å². The van der Waals surface area contributed by atoms with Crippen LogP contribution in [0.1, 0.15) is 361 Å². The summed E-state index contributed by atoms with van der Waals surface area (Å²) in [5.41, 5.74) is 0. The highest BCUT2D eigenvalue weighted by Gasteiger charge is 2.19. The van der Waals surface area contributed by atoms with Crippen LogP contribution in [0.4, 0.5) is 0 Å². The molecule has 434 valence electrons. The van der Waals surface area contributed by atoms with Gasteiger partial charge in [-0.05, 0) is 70.6 Å². The Labute approximate surface area is 461 Å². The van der Waals surface area contributed by atoms with Gasteiger partial charge in [-0.1, -0.05) is 308 Å². The van der Waals surface area contributed by atoms with E-state index in [4.69, 9.17) is 14.2 Å². The standard InChI is InChI=1S/C68H126O6/c1-4-7-10-13-16-19-22-25-26-27-28-29-30-31-32-33-34-35-36-37-38-39-40-41-42-44-46-49-52-55-58-61-67(70)73-64-65(63-72-66(69)60-57-54-51-48-45-24-21-18-15-12-9-6-3)74-68(71)62-59-56-53-50-47-43-23-20-17-14-11-8-5-2/h11,14,18,20-21,23,65H,4-10,12-13,15-17,19,22,24-64H2,1-3H3/b14-11-,21-18-,23-20-. The first-order chi connectivity index (χ1) is 36.5. The minimum atomic E-state index is -0.780. The molecule has 0 aromatic heterocycles. The maximum atomic E-state index is 12.8. The third-order valence-electron chi connectivity index (χ3n) is 14.8. The van der Waals surface area contributed by atoms with Crippen LogP contribution in [0.2, 0.25) is 0 Å². The van der Waals surface area contributed by atoms with E-state index in [1.807, 2.05) is 0 Å². The van der Waals surface area contributed by atoms with E-state index in [-0.39, 0.29) is 31.1 Å². The number of carbonyl (C=O) groups excluding carboxylic acids is 3. The summed E-state index contributed by atoms with van der Waals surface area (Å²) in [6.07, 6.45) is 77.6. The lowest BCUT2D eigenvalue weighted by molar-refractivity contribution is -0.167.